The molecule has 0 fully saturated rings. The van der Waals surface area contributed by atoms with E-state index in [4.69, 9.17) is 23.2 Å². The molecular weight excluding hydrogens is 293 g/mol. The third-order valence-corrected chi connectivity index (χ3v) is 4.35. The van der Waals surface area contributed by atoms with Gasteiger partial charge in [-0.1, -0.05) is 29.8 Å². The predicted molar refractivity (Wildman–Crippen MR) is 83.0 cm³/mol. The van der Waals surface area contributed by atoms with Crippen LogP contribution < -0.4 is 4.90 Å². The van der Waals surface area contributed by atoms with Crippen molar-refractivity contribution in [2.75, 3.05) is 4.90 Å². The first-order valence-corrected chi connectivity index (χ1v) is 7.56. The first-order valence-electron chi connectivity index (χ1n) is 6.65. The highest BCUT2D eigenvalue weighted by molar-refractivity contribution is 6.31. The summed E-state index contributed by atoms with van der Waals surface area (Å²) >= 11 is 12.2. The van der Waals surface area contributed by atoms with Crippen LogP contribution >= 0.6 is 23.2 Å². The first-order chi connectivity index (χ1) is 9.72. The number of fused-ring (bicyclic) bond motifs is 1. The van der Waals surface area contributed by atoms with Gasteiger partial charge >= 0.3 is 0 Å². The van der Waals surface area contributed by atoms with E-state index < -0.39 is 0 Å². The van der Waals surface area contributed by atoms with E-state index in [1.165, 1.54) is 17.6 Å². The van der Waals surface area contributed by atoms with E-state index in [1.54, 1.807) is 0 Å². The second-order valence-corrected chi connectivity index (χ2v) is 5.61. The van der Waals surface area contributed by atoms with Gasteiger partial charge in [-0.25, -0.2) is 9.97 Å². The molecule has 1 atom stereocenters. The van der Waals surface area contributed by atoms with Crippen LogP contribution in [0.3, 0.4) is 0 Å². The number of rotatable bonds is 2. The number of hydrogen-bond donors (Lipinski definition) is 0. The van der Waals surface area contributed by atoms with Crippen LogP contribution in [-0.4, -0.2) is 16.0 Å². The number of benzene rings is 1. The monoisotopic (exact) mass is 307 g/mol. The maximum Gasteiger partial charge on any atom is 0.142 e. The number of nitrogens with zero attached hydrogens (tertiary/aromatic N) is 3. The van der Waals surface area contributed by atoms with Gasteiger partial charge in [-0.2, -0.15) is 0 Å². The molecule has 0 bridgehead atoms. The van der Waals surface area contributed by atoms with Gasteiger partial charge in [-0.15, -0.1) is 11.6 Å². The minimum Gasteiger partial charge on any atom is -0.323 e. The second kappa shape index (κ2) is 5.58. The van der Waals surface area contributed by atoms with E-state index in [9.17, 15) is 0 Å². The predicted octanol–water partition coefficient (Wildman–Crippen LogP) is 4.34. The molecule has 2 aromatic rings. The highest BCUT2D eigenvalue weighted by Crippen LogP contribution is 2.38. The molecule has 1 unspecified atom stereocenters. The lowest BCUT2D eigenvalue weighted by Gasteiger charge is -2.37. The Labute approximate surface area is 128 Å². The largest absolute Gasteiger partial charge is 0.323 e. The summed E-state index contributed by atoms with van der Waals surface area (Å²) in [6.45, 7) is 2.20. The summed E-state index contributed by atoms with van der Waals surface area (Å²) in [5, 5.41) is 0.431. The summed E-state index contributed by atoms with van der Waals surface area (Å²) in [4.78, 5) is 10.7. The van der Waals surface area contributed by atoms with Gasteiger partial charge in [0.05, 0.1) is 5.88 Å². The SMILES string of the molecule is CC1CCc2ccccc2N1c1ncnc(Cl)c1CCl. The number of halogens is 2. The zero-order valence-electron chi connectivity index (χ0n) is 11.2. The minimum absolute atomic E-state index is 0.306. The zero-order chi connectivity index (χ0) is 14.1. The van der Waals surface area contributed by atoms with Crippen molar-refractivity contribution in [3.8, 4) is 0 Å². The van der Waals surface area contributed by atoms with Crippen LogP contribution in [-0.2, 0) is 12.3 Å². The number of aromatic nitrogens is 2. The van der Waals surface area contributed by atoms with E-state index in [0.29, 0.717) is 17.1 Å². The van der Waals surface area contributed by atoms with E-state index >= 15 is 0 Å². The van der Waals surface area contributed by atoms with Gasteiger partial charge in [0.2, 0.25) is 0 Å². The number of aryl methyl sites for hydroxylation is 1. The Balaban J connectivity index is 2.17. The molecule has 20 heavy (non-hydrogen) atoms. The van der Waals surface area contributed by atoms with Crippen molar-refractivity contribution in [2.24, 2.45) is 0 Å². The minimum atomic E-state index is 0.306. The normalized spacial score (nSPS) is 17.9. The van der Waals surface area contributed by atoms with Gasteiger partial charge in [0, 0.05) is 17.3 Å². The summed E-state index contributed by atoms with van der Waals surface area (Å²) in [7, 11) is 0. The second-order valence-electron chi connectivity index (χ2n) is 4.99. The Morgan fingerprint density at radius 2 is 2.10 bits per heavy atom. The van der Waals surface area contributed by atoms with Crippen molar-refractivity contribution in [1.82, 2.24) is 9.97 Å². The molecule has 3 rings (SSSR count). The van der Waals surface area contributed by atoms with Crippen molar-refractivity contribution < 1.29 is 0 Å². The van der Waals surface area contributed by atoms with Gasteiger partial charge < -0.3 is 4.90 Å². The maximum absolute atomic E-state index is 6.16. The van der Waals surface area contributed by atoms with Gasteiger partial charge in [-0.3, -0.25) is 0 Å². The molecular formula is C15H15Cl2N3. The third kappa shape index (κ3) is 2.25. The van der Waals surface area contributed by atoms with Crippen molar-refractivity contribution in [3.05, 3.63) is 46.9 Å². The number of anilines is 2. The number of alkyl halides is 1. The van der Waals surface area contributed by atoms with Crippen LogP contribution in [0.1, 0.15) is 24.5 Å². The molecule has 1 aliphatic rings. The van der Waals surface area contributed by atoms with Gasteiger partial charge in [0.15, 0.2) is 0 Å². The fraction of sp³-hybridized carbons (Fsp3) is 0.333. The van der Waals surface area contributed by atoms with E-state index in [-0.39, 0.29) is 0 Å². The van der Waals surface area contributed by atoms with Crippen molar-refractivity contribution in [1.29, 1.82) is 0 Å². The van der Waals surface area contributed by atoms with Gasteiger partial charge in [-0.05, 0) is 31.4 Å². The number of hydrogen-bond acceptors (Lipinski definition) is 3. The Bertz CT molecular complexity index is 630. The topological polar surface area (TPSA) is 29.0 Å². The molecule has 0 amide bonds. The lowest BCUT2D eigenvalue weighted by Crippen LogP contribution is -2.34. The van der Waals surface area contributed by atoms with Crippen molar-refractivity contribution in [2.45, 2.75) is 31.7 Å². The summed E-state index contributed by atoms with van der Waals surface area (Å²) in [5.74, 6) is 1.13. The fourth-order valence-corrected chi connectivity index (χ4v) is 3.23. The summed E-state index contributed by atoms with van der Waals surface area (Å²) in [6, 6.07) is 8.77. The molecule has 1 aromatic heterocycles. The zero-order valence-corrected chi connectivity index (χ0v) is 12.7. The van der Waals surface area contributed by atoms with Crippen LogP contribution in [0.15, 0.2) is 30.6 Å². The summed E-state index contributed by atoms with van der Waals surface area (Å²) < 4.78 is 0. The van der Waals surface area contributed by atoms with Crippen LogP contribution in [0, 0.1) is 0 Å². The summed E-state index contributed by atoms with van der Waals surface area (Å²) in [5.41, 5.74) is 3.31. The van der Waals surface area contributed by atoms with Crippen LogP contribution in [0.5, 0.6) is 0 Å². The molecule has 0 spiro atoms. The van der Waals surface area contributed by atoms with Gasteiger partial charge in [0.1, 0.15) is 17.3 Å². The smallest absolute Gasteiger partial charge is 0.142 e. The Hall–Kier alpha value is -1.32. The van der Waals surface area contributed by atoms with Crippen LogP contribution in [0.2, 0.25) is 5.15 Å². The first kappa shape index (κ1) is 13.7. The highest BCUT2D eigenvalue weighted by Gasteiger charge is 2.27. The molecule has 2 heterocycles. The Kier molecular flexibility index (Phi) is 3.81. The standard InChI is InChI=1S/C15H15Cl2N3/c1-10-6-7-11-4-2-3-5-13(11)20(10)15-12(8-16)14(17)18-9-19-15/h2-5,9-10H,6-8H2,1H3. The van der Waals surface area contributed by atoms with Crippen LogP contribution in [0.25, 0.3) is 0 Å². The van der Waals surface area contributed by atoms with Crippen molar-refractivity contribution in [3.63, 3.8) is 0 Å². The lowest BCUT2D eigenvalue weighted by molar-refractivity contribution is 0.611. The molecule has 1 aliphatic heterocycles. The Morgan fingerprint density at radius 1 is 1.30 bits per heavy atom. The quantitative estimate of drug-likeness (QED) is 0.610. The maximum atomic E-state index is 6.16. The molecule has 104 valence electrons. The van der Waals surface area contributed by atoms with E-state index in [1.807, 2.05) is 6.07 Å². The van der Waals surface area contributed by atoms with Crippen molar-refractivity contribution >= 4 is 34.7 Å². The molecule has 0 N–H and O–H groups in total. The molecule has 0 radical (unpaired) electrons. The van der Waals surface area contributed by atoms with Crippen LogP contribution in [0.4, 0.5) is 11.5 Å². The Morgan fingerprint density at radius 3 is 2.90 bits per heavy atom. The number of para-hydroxylation sites is 1. The molecule has 3 nitrogen and oxygen atoms in total. The van der Waals surface area contributed by atoms with Gasteiger partial charge in [0.25, 0.3) is 0 Å². The third-order valence-electron chi connectivity index (χ3n) is 3.76. The average molecular weight is 308 g/mol. The average Bonchev–Trinajstić information content (AvgIpc) is 2.47. The van der Waals surface area contributed by atoms with E-state index in [2.05, 4.69) is 40.0 Å². The molecule has 1 aromatic carbocycles. The molecule has 5 heteroatoms. The lowest BCUT2D eigenvalue weighted by atomic mass is 9.96. The molecule has 0 aliphatic carbocycles. The molecule has 0 saturated heterocycles. The molecule has 0 saturated carbocycles. The fourth-order valence-electron chi connectivity index (χ4n) is 2.72. The highest BCUT2D eigenvalue weighted by atomic mass is 35.5. The van der Waals surface area contributed by atoms with E-state index in [0.717, 1.165) is 24.2 Å². The summed E-state index contributed by atoms with van der Waals surface area (Å²) in [6.07, 6.45) is 3.67.